The summed E-state index contributed by atoms with van der Waals surface area (Å²) in [6.45, 7) is 7.48. The number of carbonyl (C=O) groups is 1. The number of fused-ring (bicyclic) bond motifs is 5. The highest BCUT2D eigenvalue weighted by Crippen LogP contribution is 2.65. The van der Waals surface area contributed by atoms with Gasteiger partial charge < -0.3 is 4.74 Å². The predicted molar refractivity (Wildman–Crippen MR) is 110 cm³/mol. The van der Waals surface area contributed by atoms with E-state index >= 15 is 0 Å². The lowest BCUT2D eigenvalue weighted by Gasteiger charge is -2.57. The fourth-order valence-electron chi connectivity index (χ4n) is 7.79. The standard InChI is InChI=1S/C25H38O2/c1-17(8-13-23(26)27-4)20-11-12-21-19-10-9-18-7-5-6-15-24(18,2)22(19)14-16-25(20,21)3/h5,7,14,16-22H,6,8-13,15H2,1-4H3/t17-,18-,19-,20+,21-,22-,24+,25-/m1/s1. The Hall–Kier alpha value is -1.05. The summed E-state index contributed by atoms with van der Waals surface area (Å²) in [7, 11) is 1.50. The van der Waals surface area contributed by atoms with E-state index in [-0.39, 0.29) is 5.97 Å². The lowest BCUT2D eigenvalue weighted by molar-refractivity contribution is -0.141. The van der Waals surface area contributed by atoms with Crippen molar-refractivity contribution in [3.8, 4) is 0 Å². The second kappa shape index (κ2) is 7.08. The van der Waals surface area contributed by atoms with Crippen molar-refractivity contribution in [3.63, 3.8) is 0 Å². The van der Waals surface area contributed by atoms with Crippen LogP contribution in [0.25, 0.3) is 0 Å². The fourth-order valence-corrected chi connectivity index (χ4v) is 7.79. The van der Waals surface area contributed by atoms with Gasteiger partial charge in [0.2, 0.25) is 0 Å². The number of esters is 1. The van der Waals surface area contributed by atoms with Crippen LogP contribution in [0.3, 0.4) is 0 Å². The molecule has 2 nitrogen and oxygen atoms in total. The van der Waals surface area contributed by atoms with E-state index < -0.39 is 0 Å². The Morgan fingerprint density at radius 3 is 2.78 bits per heavy atom. The summed E-state index contributed by atoms with van der Waals surface area (Å²) < 4.78 is 4.87. The third-order valence-corrected chi connectivity index (χ3v) is 9.38. The first-order valence-electron chi connectivity index (χ1n) is 11.3. The van der Waals surface area contributed by atoms with Gasteiger partial charge in [0.15, 0.2) is 0 Å². The van der Waals surface area contributed by atoms with Crippen molar-refractivity contribution in [1.29, 1.82) is 0 Å². The van der Waals surface area contributed by atoms with Gasteiger partial charge in [-0.2, -0.15) is 0 Å². The quantitative estimate of drug-likeness (QED) is 0.436. The van der Waals surface area contributed by atoms with Gasteiger partial charge in [-0.05, 0) is 91.3 Å². The molecule has 0 amide bonds. The number of allylic oxidation sites excluding steroid dienone is 4. The molecule has 27 heavy (non-hydrogen) atoms. The Labute approximate surface area is 165 Å². The molecule has 4 aliphatic carbocycles. The largest absolute Gasteiger partial charge is 0.469 e. The summed E-state index contributed by atoms with van der Waals surface area (Å²) in [4.78, 5) is 11.6. The van der Waals surface area contributed by atoms with Crippen LogP contribution in [0.1, 0.15) is 72.1 Å². The van der Waals surface area contributed by atoms with E-state index in [2.05, 4.69) is 45.1 Å². The van der Waals surface area contributed by atoms with Crippen LogP contribution in [-0.2, 0) is 9.53 Å². The van der Waals surface area contributed by atoms with Crippen LogP contribution in [-0.4, -0.2) is 13.1 Å². The first kappa shape index (κ1) is 19.3. The molecule has 0 spiro atoms. The minimum Gasteiger partial charge on any atom is -0.469 e. The Bertz CT molecular complexity index is 634. The lowest BCUT2D eigenvalue weighted by Crippen LogP contribution is -2.50. The van der Waals surface area contributed by atoms with Crippen molar-refractivity contribution < 1.29 is 9.53 Å². The Morgan fingerprint density at radius 2 is 2.00 bits per heavy atom. The van der Waals surface area contributed by atoms with Crippen LogP contribution in [0.2, 0.25) is 0 Å². The van der Waals surface area contributed by atoms with E-state index in [9.17, 15) is 4.79 Å². The van der Waals surface area contributed by atoms with Gasteiger partial charge in [0.05, 0.1) is 7.11 Å². The molecular weight excluding hydrogens is 332 g/mol. The van der Waals surface area contributed by atoms with Crippen molar-refractivity contribution in [2.24, 2.45) is 46.3 Å². The number of methoxy groups -OCH3 is 1. The van der Waals surface area contributed by atoms with Gasteiger partial charge in [-0.1, -0.05) is 45.1 Å². The molecule has 0 N–H and O–H groups in total. The minimum atomic E-state index is -0.0580. The number of carbonyl (C=O) groups excluding carboxylic acids is 1. The average molecular weight is 371 g/mol. The number of hydrogen-bond acceptors (Lipinski definition) is 2. The van der Waals surface area contributed by atoms with Gasteiger partial charge in [-0.15, -0.1) is 0 Å². The molecule has 0 aromatic rings. The molecule has 2 saturated carbocycles. The Balaban J connectivity index is 1.55. The van der Waals surface area contributed by atoms with Gasteiger partial charge in [0.1, 0.15) is 0 Å². The third kappa shape index (κ3) is 3.02. The molecule has 0 heterocycles. The van der Waals surface area contributed by atoms with Gasteiger partial charge in [0.25, 0.3) is 0 Å². The molecule has 4 rings (SSSR count). The van der Waals surface area contributed by atoms with Crippen molar-refractivity contribution in [2.45, 2.75) is 72.1 Å². The second-order valence-corrected chi connectivity index (χ2v) is 10.5. The Morgan fingerprint density at radius 1 is 1.19 bits per heavy atom. The molecule has 0 bridgehead atoms. The van der Waals surface area contributed by atoms with Gasteiger partial charge in [-0.25, -0.2) is 0 Å². The fraction of sp³-hybridized carbons (Fsp3) is 0.800. The molecule has 2 heteroatoms. The molecule has 0 saturated heterocycles. The van der Waals surface area contributed by atoms with Crippen molar-refractivity contribution >= 4 is 5.97 Å². The first-order valence-corrected chi connectivity index (χ1v) is 11.3. The predicted octanol–water partition coefficient (Wildman–Crippen LogP) is 6.18. The molecule has 0 aromatic carbocycles. The smallest absolute Gasteiger partial charge is 0.305 e. The number of ether oxygens (including phenoxy) is 1. The summed E-state index contributed by atoms with van der Waals surface area (Å²) in [5, 5.41) is 0. The van der Waals surface area contributed by atoms with E-state index in [0.717, 1.165) is 30.1 Å². The van der Waals surface area contributed by atoms with Crippen LogP contribution in [0, 0.1) is 46.3 Å². The maximum absolute atomic E-state index is 11.6. The zero-order chi connectivity index (χ0) is 19.2. The van der Waals surface area contributed by atoms with Crippen LogP contribution in [0.5, 0.6) is 0 Å². The van der Waals surface area contributed by atoms with E-state index in [1.807, 2.05) is 0 Å². The summed E-state index contributed by atoms with van der Waals surface area (Å²) in [6, 6.07) is 0. The Kier molecular flexibility index (Phi) is 5.06. The van der Waals surface area contributed by atoms with Crippen LogP contribution >= 0.6 is 0 Å². The van der Waals surface area contributed by atoms with E-state index in [4.69, 9.17) is 4.74 Å². The molecule has 0 aromatic heterocycles. The first-order chi connectivity index (χ1) is 12.9. The van der Waals surface area contributed by atoms with Gasteiger partial charge in [-0.3, -0.25) is 4.79 Å². The van der Waals surface area contributed by atoms with E-state index in [1.54, 1.807) is 0 Å². The van der Waals surface area contributed by atoms with E-state index in [1.165, 1.54) is 45.6 Å². The van der Waals surface area contributed by atoms with Crippen molar-refractivity contribution in [1.82, 2.24) is 0 Å². The molecule has 0 aliphatic heterocycles. The van der Waals surface area contributed by atoms with Crippen LogP contribution in [0.4, 0.5) is 0 Å². The molecular formula is C25H38O2. The summed E-state index contributed by atoms with van der Waals surface area (Å²) in [6.07, 6.45) is 19.9. The minimum absolute atomic E-state index is 0.0580. The SMILES string of the molecule is COC(=O)CC[C@@H](C)[C@@H]1CC[C@@H]2[C@H]3CC[C@H]4C=CCC[C@]4(C)[C@@H]3C=C[C@@]21C. The van der Waals surface area contributed by atoms with Gasteiger partial charge in [0, 0.05) is 6.42 Å². The van der Waals surface area contributed by atoms with Crippen molar-refractivity contribution in [3.05, 3.63) is 24.3 Å². The van der Waals surface area contributed by atoms with E-state index in [0.29, 0.717) is 29.1 Å². The number of hydrogen-bond donors (Lipinski definition) is 0. The maximum atomic E-state index is 11.6. The highest BCUT2D eigenvalue weighted by Gasteiger charge is 2.57. The van der Waals surface area contributed by atoms with Crippen molar-refractivity contribution in [2.75, 3.05) is 7.11 Å². The number of rotatable bonds is 4. The molecule has 150 valence electrons. The zero-order valence-electron chi connectivity index (χ0n) is 17.7. The summed E-state index contributed by atoms with van der Waals surface area (Å²) in [5.74, 6) is 4.50. The zero-order valence-corrected chi connectivity index (χ0v) is 17.7. The molecule has 0 unspecified atom stereocenters. The highest BCUT2D eigenvalue weighted by atomic mass is 16.5. The monoisotopic (exact) mass is 370 g/mol. The highest BCUT2D eigenvalue weighted by molar-refractivity contribution is 5.69. The summed E-state index contributed by atoms with van der Waals surface area (Å²) in [5.41, 5.74) is 0.800. The lowest BCUT2D eigenvalue weighted by atomic mass is 9.47. The normalized spacial score (nSPS) is 46.3. The topological polar surface area (TPSA) is 26.3 Å². The van der Waals surface area contributed by atoms with Gasteiger partial charge >= 0.3 is 5.97 Å². The molecule has 8 atom stereocenters. The molecule has 4 aliphatic rings. The second-order valence-electron chi connectivity index (χ2n) is 10.5. The summed E-state index contributed by atoms with van der Waals surface area (Å²) >= 11 is 0. The van der Waals surface area contributed by atoms with Crippen LogP contribution < -0.4 is 0 Å². The van der Waals surface area contributed by atoms with Crippen LogP contribution in [0.15, 0.2) is 24.3 Å². The average Bonchev–Trinajstić information content (AvgIpc) is 3.02. The third-order valence-electron chi connectivity index (χ3n) is 9.38. The molecule has 0 radical (unpaired) electrons. The maximum Gasteiger partial charge on any atom is 0.305 e. The molecule has 2 fully saturated rings.